The van der Waals surface area contributed by atoms with Gasteiger partial charge in [-0.25, -0.2) is 0 Å². The van der Waals surface area contributed by atoms with Gasteiger partial charge in [-0.2, -0.15) is 0 Å². The van der Waals surface area contributed by atoms with Crippen molar-refractivity contribution in [2.45, 2.75) is 19.1 Å². The number of nitrogens with zero attached hydrogens (tertiary/aromatic N) is 3. The molecule has 5 nitrogen and oxygen atoms in total. The highest BCUT2D eigenvalue weighted by atomic mass is 16.5. The first-order chi connectivity index (χ1) is 8.69. The normalized spacial score (nSPS) is 32.8. The van der Waals surface area contributed by atoms with Crippen molar-refractivity contribution < 1.29 is 4.74 Å². The predicted molar refractivity (Wildman–Crippen MR) is 73.8 cm³/mol. The van der Waals surface area contributed by atoms with Gasteiger partial charge in [0.25, 0.3) is 0 Å². The molecule has 0 saturated carbocycles. The zero-order valence-corrected chi connectivity index (χ0v) is 11.8. The van der Waals surface area contributed by atoms with Crippen LogP contribution in [0.5, 0.6) is 0 Å². The molecule has 0 spiro atoms. The number of piperazine rings is 1. The first-order valence-corrected chi connectivity index (χ1v) is 7.15. The van der Waals surface area contributed by atoms with Gasteiger partial charge in [-0.1, -0.05) is 0 Å². The number of likely N-dealkylation sites (N-methyl/N-ethyl adjacent to an activating group) is 1. The molecule has 2 rings (SSSR count). The van der Waals surface area contributed by atoms with E-state index in [4.69, 9.17) is 10.5 Å². The van der Waals surface area contributed by atoms with E-state index >= 15 is 0 Å². The summed E-state index contributed by atoms with van der Waals surface area (Å²) in [7, 11) is 2.20. The van der Waals surface area contributed by atoms with E-state index in [9.17, 15) is 0 Å². The smallest absolute Gasteiger partial charge is 0.0824 e. The quantitative estimate of drug-likeness (QED) is 0.719. The van der Waals surface area contributed by atoms with E-state index in [1.165, 1.54) is 32.7 Å². The van der Waals surface area contributed by atoms with Crippen molar-refractivity contribution in [1.82, 2.24) is 14.7 Å². The topological polar surface area (TPSA) is 45.0 Å². The Balaban J connectivity index is 1.71. The van der Waals surface area contributed by atoms with Gasteiger partial charge in [0.05, 0.1) is 12.7 Å². The Kier molecular flexibility index (Phi) is 5.38. The van der Waals surface area contributed by atoms with Gasteiger partial charge in [-0.3, -0.25) is 9.80 Å². The first-order valence-electron chi connectivity index (χ1n) is 7.15. The number of rotatable bonds is 4. The van der Waals surface area contributed by atoms with Gasteiger partial charge >= 0.3 is 0 Å². The summed E-state index contributed by atoms with van der Waals surface area (Å²) in [4.78, 5) is 7.50. The third-order valence-electron chi connectivity index (χ3n) is 4.20. The summed E-state index contributed by atoms with van der Waals surface area (Å²) in [6.45, 7) is 11.8. The second-order valence-electron chi connectivity index (χ2n) is 5.68. The van der Waals surface area contributed by atoms with Crippen molar-refractivity contribution >= 4 is 0 Å². The van der Waals surface area contributed by atoms with Crippen LogP contribution in [0.15, 0.2) is 0 Å². The predicted octanol–water partition coefficient (Wildman–Crippen LogP) is -0.718. The monoisotopic (exact) mass is 256 g/mol. The fourth-order valence-corrected chi connectivity index (χ4v) is 2.67. The number of nitrogens with two attached hydrogens (primary N) is 1. The summed E-state index contributed by atoms with van der Waals surface area (Å²) in [6.07, 6.45) is 0.230. The highest BCUT2D eigenvalue weighted by molar-refractivity contribution is 4.79. The van der Waals surface area contributed by atoms with Gasteiger partial charge in [0, 0.05) is 58.4 Å². The Morgan fingerprint density at radius 3 is 2.56 bits per heavy atom. The van der Waals surface area contributed by atoms with Gasteiger partial charge in [0.2, 0.25) is 0 Å². The minimum absolute atomic E-state index is 0.230. The molecule has 18 heavy (non-hydrogen) atoms. The van der Waals surface area contributed by atoms with Crippen molar-refractivity contribution in [2.24, 2.45) is 5.73 Å². The third-order valence-corrected chi connectivity index (χ3v) is 4.20. The molecule has 0 aromatic heterocycles. The molecule has 106 valence electrons. The Morgan fingerprint density at radius 2 is 1.89 bits per heavy atom. The molecular weight excluding hydrogens is 228 g/mol. The Bertz CT molecular complexity index is 243. The van der Waals surface area contributed by atoms with Gasteiger partial charge < -0.3 is 15.4 Å². The van der Waals surface area contributed by atoms with Gasteiger partial charge in [-0.15, -0.1) is 0 Å². The average molecular weight is 256 g/mol. The van der Waals surface area contributed by atoms with E-state index in [0.29, 0.717) is 12.6 Å². The molecule has 0 aromatic carbocycles. The van der Waals surface area contributed by atoms with Crippen LogP contribution in [0.3, 0.4) is 0 Å². The molecule has 0 bridgehead atoms. The van der Waals surface area contributed by atoms with Crippen molar-refractivity contribution in [2.75, 3.05) is 66.0 Å². The van der Waals surface area contributed by atoms with Crippen LogP contribution in [0, 0.1) is 0 Å². The van der Waals surface area contributed by atoms with Crippen LogP contribution >= 0.6 is 0 Å². The fraction of sp³-hybridized carbons (Fsp3) is 1.00. The minimum Gasteiger partial charge on any atom is -0.374 e. The molecule has 2 aliphatic heterocycles. The van der Waals surface area contributed by atoms with E-state index in [1.54, 1.807) is 0 Å². The molecule has 2 unspecified atom stereocenters. The van der Waals surface area contributed by atoms with Crippen LogP contribution in [-0.4, -0.2) is 92.9 Å². The standard InChI is InChI=1S/C13H28N4O/c1-12-11-18-13(9-14)10-17(12)8-7-16-5-3-15(2)4-6-16/h12-13H,3-11,14H2,1-2H3. The molecule has 5 heteroatoms. The van der Waals surface area contributed by atoms with Crippen LogP contribution in [0.1, 0.15) is 6.92 Å². The van der Waals surface area contributed by atoms with E-state index in [0.717, 1.165) is 19.7 Å². The van der Waals surface area contributed by atoms with Gasteiger partial charge in [-0.05, 0) is 14.0 Å². The van der Waals surface area contributed by atoms with E-state index < -0.39 is 0 Å². The lowest BCUT2D eigenvalue weighted by Gasteiger charge is -2.39. The number of hydrogen-bond donors (Lipinski definition) is 1. The number of ether oxygens (including phenoxy) is 1. The van der Waals surface area contributed by atoms with E-state index in [-0.39, 0.29) is 6.10 Å². The van der Waals surface area contributed by atoms with E-state index in [1.807, 2.05) is 0 Å². The number of morpholine rings is 1. The summed E-state index contributed by atoms with van der Waals surface area (Å²) < 4.78 is 5.69. The van der Waals surface area contributed by atoms with E-state index in [2.05, 4.69) is 28.7 Å². The maximum absolute atomic E-state index is 5.70. The summed E-state index contributed by atoms with van der Waals surface area (Å²) >= 11 is 0. The zero-order valence-electron chi connectivity index (χ0n) is 11.8. The lowest BCUT2D eigenvalue weighted by atomic mass is 10.2. The third kappa shape index (κ3) is 3.90. The second-order valence-corrected chi connectivity index (χ2v) is 5.68. The van der Waals surface area contributed by atoms with Crippen LogP contribution in [0.2, 0.25) is 0 Å². The average Bonchev–Trinajstić information content (AvgIpc) is 2.40. The maximum Gasteiger partial charge on any atom is 0.0824 e. The van der Waals surface area contributed by atoms with Crippen LogP contribution in [-0.2, 0) is 4.74 Å². The second kappa shape index (κ2) is 6.82. The molecule has 0 radical (unpaired) electrons. The first kappa shape index (κ1) is 14.2. The van der Waals surface area contributed by atoms with Crippen molar-refractivity contribution in [1.29, 1.82) is 0 Å². The maximum atomic E-state index is 5.70. The summed E-state index contributed by atoms with van der Waals surface area (Å²) in [5.41, 5.74) is 5.70. The van der Waals surface area contributed by atoms with Crippen molar-refractivity contribution in [3.05, 3.63) is 0 Å². The largest absolute Gasteiger partial charge is 0.374 e. The van der Waals surface area contributed by atoms with Crippen LogP contribution in [0.25, 0.3) is 0 Å². The van der Waals surface area contributed by atoms with Crippen molar-refractivity contribution in [3.63, 3.8) is 0 Å². The molecule has 2 fully saturated rings. The highest BCUT2D eigenvalue weighted by Crippen LogP contribution is 2.11. The lowest BCUT2D eigenvalue weighted by Crippen LogP contribution is -2.53. The zero-order chi connectivity index (χ0) is 13.0. The number of hydrogen-bond acceptors (Lipinski definition) is 5. The Hall–Kier alpha value is -0.200. The van der Waals surface area contributed by atoms with Gasteiger partial charge in [0.15, 0.2) is 0 Å². The van der Waals surface area contributed by atoms with Gasteiger partial charge in [0.1, 0.15) is 0 Å². The van der Waals surface area contributed by atoms with Crippen molar-refractivity contribution in [3.8, 4) is 0 Å². The highest BCUT2D eigenvalue weighted by Gasteiger charge is 2.25. The summed E-state index contributed by atoms with van der Waals surface area (Å²) in [5, 5.41) is 0. The molecule has 2 atom stereocenters. The molecule has 2 saturated heterocycles. The Morgan fingerprint density at radius 1 is 1.17 bits per heavy atom. The minimum atomic E-state index is 0.230. The molecule has 2 aliphatic rings. The lowest BCUT2D eigenvalue weighted by molar-refractivity contribution is -0.0561. The summed E-state index contributed by atoms with van der Waals surface area (Å²) in [6, 6.07) is 0.528. The molecular formula is C13H28N4O. The molecule has 2 heterocycles. The molecule has 0 aliphatic carbocycles. The molecule has 0 aromatic rings. The summed E-state index contributed by atoms with van der Waals surface area (Å²) in [5.74, 6) is 0. The SMILES string of the molecule is CC1COC(CN)CN1CCN1CCN(C)CC1. The van der Waals surface area contributed by atoms with Crippen LogP contribution < -0.4 is 5.73 Å². The molecule has 2 N–H and O–H groups in total. The molecule has 0 amide bonds. The Labute approximate surface area is 111 Å². The fourth-order valence-electron chi connectivity index (χ4n) is 2.67. The van der Waals surface area contributed by atoms with Crippen LogP contribution in [0.4, 0.5) is 0 Å².